The number of nitrogens with two attached hydrogens (primary N) is 1. The van der Waals surface area contributed by atoms with Crippen molar-refractivity contribution in [3.63, 3.8) is 0 Å². The molecule has 1 aliphatic rings. The van der Waals surface area contributed by atoms with Gasteiger partial charge in [-0.05, 0) is 24.8 Å². The first-order chi connectivity index (χ1) is 6.31. The van der Waals surface area contributed by atoms with Gasteiger partial charge in [-0.2, -0.15) is 5.26 Å². The van der Waals surface area contributed by atoms with Gasteiger partial charge in [-0.25, -0.2) is 0 Å². The highest BCUT2D eigenvalue weighted by Crippen LogP contribution is 2.39. The molecular weight excluding hydrogens is 180 g/mol. The average molecular weight is 192 g/mol. The molecule has 0 atom stereocenters. The van der Waals surface area contributed by atoms with Crippen molar-refractivity contribution in [2.24, 2.45) is 0 Å². The highest BCUT2D eigenvalue weighted by atomic mass is 32.1. The van der Waals surface area contributed by atoms with Crippen LogP contribution < -0.4 is 5.73 Å². The molecule has 1 aromatic rings. The third-order valence-corrected chi connectivity index (χ3v) is 3.78. The zero-order valence-electron chi connectivity index (χ0n) is 7.42. The number of nitrogen functional groups attached to an aromatic ring is 1. The van der Waals surface area contributed by atoms with E-state index < -0.39 is 0 Å². The number of nitrogens with zero attached hydrogens (tertiary/aromatic N) is 1. The molecule has 2 nitrogen and oxygen atoms in total. The molecule has 68 valence electrons. The maximum absolute atomic E-state index is 8.75. The van der Waals surface area contributed by atoms with Crippen LogP contribution in [0.5, 0.6) is 0 Å². The van der Waals surface area contributed by atoms with E-state index in [9.17, 15) is 0 Å². The number of hydrogen-bond acceptors (Lipinski definition) is 3. The van der Waals surface area contributed by atoms with Crippen LogP contribution in [0.15, 0.2) is 6.07 Å². The van der Waals surface area contributed by atoms with E-state index in [4.69, 9.17) is 11.0 Å². The van der Waals surface area contributed by atoms with Crippen LogP contribution in [0.2, 0.25) is 0 Å². The number of thiophene rings is 1. The summed E-state index contributed by atoms with van der Waals surface area (Å²) in [5, 5.41) is 9.44. The summed E-state index contributed by atoms with van der Waals surface area (Å²) in [7, 11) is 0. The fourth-order valence-corrected chi connectivity index (χ4v) is 2.97. The Balaban J connectivity index is 2.26. The maximum atomic E-state index is 8.75. The van der Waals surface area contributed by atoms with Crippen LogP contribution in [0.25, 0.3) is 0 Å². The van der Waals surface area contributed by atoms with E-state index in [1.807, 2.05) is 6.07 Å². The van der Waals surface area contributed by atoms with E-state index in [2.05, 4.69) is 6.07 Å². The molecule has 2 N–H and O–H groups in total. The first kappa shape index (κ1) is 8.58. The van der Waals surface area contributed by atoms with E-state index >= 15 is 0 Å². The summed E-state index contributed by atoms with van der Waals surface area (Å²) in [6.07, 6.45) is 5.18. The summed E-state index contributed by atoms with van der Waals surface area (Å²) in [5.41, 5.74) is 6.37. The number of rotatable bonds is 1. The monoisotopic (exact) mass is 192 g/mol. The van der Waals surface area contributed by atoms with Gasteiger partial charge in [0.05, 0.1) is 5.56 Å². The molecule has 0 bridgehead atoms. The zero-order valence-corrected chi connectivity index (χ0v) is 8.23. The smallest absolute Gasteiger partial charge is 0.104 e. The topological polar surface area (TPSA) is 49.8 Å². The van der Waals surface area contributed by atoms with E-state index in [0.29, 0.717) is 16.5 Å². The molecular formula is C10H12N2S. The lowest BCUT2D eigenvalue weighted by atomic mass is 10.1. The second kappa shape index (κ2) is 3.39. The fourth-order valence-electron chi connectivity index (χ4n) is 1.92. The summed E-state index contributed by atoms with van der Waals surface area (Å²) in [6.45, 7) is 0. The normalized spacial score (nSPS) is 17.5. The van der Waals surface area contributed by atoms with Gasteiger partial charge in [0.15, 0.2) is 0 Å². The van der Waals surface area contributed by atoms with Crippen LogP contribution in [0, 0.1) is 11.3 Å². The molecule has 1 saturated carbocycles. The maximum Gasteiger partial charge on any atom is 0.104 e. The van der Waals surface area contributed by atoms with Crippen LogP contribution in [-0.4, -0.2) is 0 Å². The van der Waals surface area contributed by atoms with Crippen molar-refractivity contribution < 1.29 is 0 Å². The predicted molar refractivity (Wildman–Crippen MR) is 54.7 cm³/mol. The van der Waals surface area contributed by atoms with Crippen molar-refractivity contribution in [2.45, 2.75) is 31.6 Å². The van der Waals surface area contributed by atoms with Crippen molar-refractivity contribution in [1.82, 2.24) is 0 Å². The highest BCUT2D eigenvalue weighted by molar-refractivity contribution is 7.16. The van der Waals surface area contributed by atoms with Crippen molar-refractivity contribution in [3.05, 3.63) is 16.5 Å². The van der Waals surface area contributed by atoms with E-state index in [-0.39, 0.29) is 0 Å². The van der Waals surface area contributed by atoms with E-state index in [0.717, 1.165) is 0 Å². The molecule has 0 unspecified atom stereocenters. The Kier molecular flexibility index (Phi) is 2.24. The molecule has 1 heterocycles. The van der Waals surface area contributed by atoms with E-state index in [1.165, 1.54) is 30.6 Å². The lowest BCUT2D eigenvalue weighted by molar-refractivity contribution is 0.738. The zero-order chi connectivity index (χ0) is 9.26. The Morgan fingerprint density at radius 3 is 2.69 bits per heavy atom. The van der Waals surface area contributed by atoms with Gasteiger partial charge in [0.2, 0.25) is 0 Å². The summed E-state index contributed by atoms with van der Waals surface area (Å²) < 4.78 is 0. The minimum atomic E-state index is 0.659. The summed E-state index contributed by atoms with van der Waals surface area (Å²) in [5.74, 6) is 0.675. The molecule has 0 aliphatic heterocycles. The van der Waals surface area contributed by atoms with Crippen LogP contribution in [0.4, 0.5) is 5.00 Å². The third kappa shape index (κ3) is 1.54. The fraction of sp³-hybridized carbons (Fsp3) is 0.500. The van der Waals surface area contributed by atoms with Crippen LogP contribution in [0.3, 0.4) is 0 Å². The highest BCUT2D eigenvalue weighted by Gasteiger charge is 2.20. The summed E-state index contributed by atoms with van der Waals surface area (Å²) in [6, 6.07) is 4.09. The van der Waals surface area contributed by atoms with Gasteiger partial charge in [0.25, 0.3) is 0 Å². The summed E-state index contributed by atoms with van der Waals surface area (Å²) in [4.78, 5) is 1.31. The molecule has 0 aromatic carbocycles. The Hall–Kier alpha value is -1.01. The number of anilines is 1. The van der Waals surface area contributed by atoms with Gasteiger partial charge in [0.1, 0.15) is 11.1 Å². The van der Waals surface area contributed by atoms with Crippen LogP contribution in [-0.2, 0) is 0 Å². The van der Waals surface area contributed by atoms with Crippen LogP contribution in [0.1, 0.15) is 42.0 Å². The second-order valence-electron chi connectivity index (χ2n) is 3.52. The standard InChI is InChI=1S/C10H12N2S/c11-6-8-5-9(13-10(8)12)7-3-1-2-4-7/h5,7H,1-4,12H2. The molecule has 0 saturated heterocycles. The first-order valence-electron chi connectivity index (χ1n) is 4.60. The molecule has 0 spiro atoms. The van der Waals surface area contributed by atoms with Crippen LogP contribution >= 0.6 is 11.3 Å². The SMILES string of the molecule is N#Cc1cc(C2CCCC2)sc1N. The second-order valence-corrected chi connectivity index (χ2v) is 4.64. The summed E-state index contributed by atoms with van der Waals surface area (Å²) >= 11 is 1.59. The van der Waals surface area contributed by atoms with Gasteiger partial charge in [-0.1, -0.05) is 12.8 Å². The first-order valence-corrected chi connectivity index (χ1v) is 5.42. The minimum absolute atomic E-state index is 0.659. The van der Waals surface area contributed by atoms with Crippen molar-refractivity contribution in [1.29, 1.82) is 5.26 Å². The van der Waals surface area contributed by atoms with E-state index in [1.54, 1.807) is 11.3 Å². The van der Waals surface area contributed by atoms with Gasteiger partial charge in [-0.15, -0.1) is 11.3 Å². The molecule has 0 radical (unpaired) electrons. The molecule has 0 amide bonds. The van der Waals surface area contributed by atoms with Gasteiger partial charge in [-0.3, -0.25) is 0 Å². The Labute approximate surface area is 82.0 Å². The van der Waals surface area contributed by atoms with Crippen molar-refractivity contribution in [3.8, 4) is 6.07 Å². The average Bonchev–Trinajstić information content (AvgIpc) is 2.71. The molecule has 1 aromatic heterocycles. The number of hydrogen-bond donors (Lipinski definition) is 1. The Morgan fingerprint density at radius 1 is 1.46 bits per heavy atom. The lowest BCUT2D eigenvalue weighted by Gasteiger charge is -2.03. The molecule has 1 aliphatic carbocycles. The van der Waals surface area contributed by atoms with Gasteiger partial charge in [0, 0.05) is 4.88 Å². The van der Waals surface area contributed by atoms with Crippen molar-refractivity contribution in [2.75, 3.05) is 5.73 Å². The molecule has 3 heteroatoms. The lowest BCUT2D eigenvalue weighted by Crippen LogP contribution is -1.86. The molecule has 13 heavy (non-hydrogen) atoms. The van der Waals surface area contributed by atoms with Crippen molar-refractivity contribution >= 4 is 16.3 Å². The van der Waals surface area contributed by atoms with Gasteiger partial charge >= 0.3 is 0 Å². The Morgan fingerprint density at radius 2 is 2.15 bits per heavy atom. The largest absolute Gasteiger partial charge is 0.389 e. The predicted octanol–water partition coefficient (Wildman–Crippen LogP) is 2.86. The third-order valence-electron chi connectivity index (χ3n) is 2.66. The van der Waals surface area contributed by atoms with Gasteiger partial charge < -0.3 is 5.73 Å². The quantitative estimate of drug-likeness (QED) is 0.743. The minimum Gasteiger partial charge on any atom is -0.389 e. The molecule has 2 rings (SSSR count). The molecule has 1 fully saturated rings. The Bertz CT molecular complexity index is 342. The number of nitriles is 1.